The van der Waals surface area contributed by atoms with Crippen molar-refractivity contribution in [3.05, 3.63) is 71.4 Å². The second-order valence-electron chi connectivity index (χ2n) is 6.87. The molecule has 1 aromatic heterocycles. The molecule has 0 spiro atoms. The van der Waals surface area contributed by atoms with E-state index < -0.39 is 9.84 Å². The molecule has 4 nitrogen and oxygen atoms in total. The molecule has 3 aromatic rings. The summed E-state index contributed by atoms with van der Waals surface area (Å²) in [6, 6.07) is 17.1. The summed E-state index contributed by atoms with van der Waals surface area (Å²) in [5.41, 5.74) is 7.48. The number of aliphatic hydroxyl groups is 1. The van der Waals surface area contributed by atoms with Crippen LogP contribution in [0.3, 0.4) is 0 Å². The van der Waals surface area contributed by atoms with Crippen molar-refractivity contribution in [1.29, 1.82) is 0 Å². The van der Waals surface area contributed by atoms with E-state index in [0.29, 0.717) is 0 Å². The maximum Gasteiger partial charge on any atom is 0.180 e. The third kappa shape index (κ3) is 4.01. The number of aromatic nitrogens is 1. The van der Waals surface area contributed by atoms with Gasteiger partial charge in [0.1, 0.15) is 0 Å². The molecule has 146 valence electrons. The van der Waals surface area contributed by atoms with Gasteiger partial charge in [0.05, 0.1) is 22.9 Å². The molecule has 0 aliphatic carbocycles. The van der Waals surface area contributed by atoms with E-state index in [2.05, 4.69) is 26.0 Å². The monoisotopic (exact) mass is 395 g/mol. The van der Waals surface area contributed by atoms with Gasteiger partial charge < -0.3 is 5.11 Å². The van der Waals surface area contributed by atoms with Crippen molar-refractivity contribution in [2.24, 2.45) is 0 Å². The lowest BCUT2D eigenvalue weighted by Crippen LogP contribution is -2.09. The highest BCUT2D eigenvalue weighted by molar-refractivity contribution is 7.91. The molecule has 0 aliphatic heterocycles. The maximum absolute atomic E-state index is 12.2. The minimum atomic E-state index is -3.45. The standard InChI is InChI=1S/C23H25NO3S/c1-4-20-21(18-9-11-19(12-10-18)28(26,27)15-14-25)13-8-16(2)23(20)22-7-5-6-17(3)24-22/h5-13,25H,4,14-15H2,1-3H3. The molecule has 0 radical (unpaired) electrons. The van der Waals surface area contributed by atoms with E-state index >= 15 is 0 Å². The Morgan fingerprint density at radius 2 is 1.68 bits per heavy atom. The Morgan fingerprint density at radius 3 is 2.29 bits per heavy atom. The first kappa shape index (κ1) is 20.2. The van der Waals surface area contributed by atoms with Gasteiger partial charge in [0.2, 0.25) is 0 Å². The van der Waals surface area contributed by atoms with Crippen LogP contribution in [0.15, 0.2) is 59.5 Å². The van der Waals surface area contributed by atoms with Crippen molar-refractivity contribution in [3.63, 3.8) is 0 Å². The van der Waals surface area contributed by atoms with E-state index in [1.807, 2.05) is 37.3 Å². The van der Waals surface area contributed by atoms with E-state index in [9.17, 15) is 8.42 Å². The zero-order valence-electron chi connectivity index (χ0n) is 16.4. The SMILES string of the molecule is CCc1c(-c2ccc(S(=O)(=O)CCO)cc2)ccc(C)c1-c1cccc(C)n1. The number of aliphatic hydroxyl groups excluding tert-OH is 1. The lowest BCUT2D eigenvalue weighted by Gasteiger charge is -2.17. The summed E-state index contributed by atoms with van der Waals surface area (Å²) >= 11 is 0. The molecule has 0 atom stereocenters. The van der Waals surface area contributed by atoms with Crippen LogP contribution in [0.25, 0.3) is 22.4 Å². The largest absolute Gasteiger partial charge is 0.395 e. The van der Waals surface area contributed by atoms with Crippen LogP contribution in [-0.2, 0) is 16.3 Å². The highest BCUT2D eigenvalue weighted by atomic mass is 32.2. The summed E-state index contributed by atoms with van der Waals surface area (Å²) < 4.78 is 24.3. The average molecular weight is 396 g/mol. The normalized spacial score (nSPS) is 11.6. The summed E-state index contributed by atoms with van der Waals surface area (Å²) in [4.78, 5) is 4.94. The van der Waals surface area contributed by atoms with Crippen LogP contribution < -0.4 is 0 Å². The fraction of sp³-hybridized carbons (Fsp3) is 0.261. The van der Waals surface area contributed by atoms with Gasteiger partial charge >= 0.3 is 0 Å². The molecule has 3 rings (SSSR count). The molecule has 0 amide bonds. The Kier molecular flexibility index (Phi) is 5.96. The van der Waals surface area contributed by atoms with E-state index in [0.717, 1.165) is 34.5 Å². The molecule has 2 aromatic carbocycles. The topological polar surface area (TPSA) is 67.3 Å². The number of hydrogen-bond acceptors (Lipinski definition) is 4. The van der Waals surface area contributed by atoms with Crippen molar-refractivity contribution in [2.45, 2.75) is 32.1 Å². The zero-order valence-corrected chi connectivity index (χ0v) is 17.3. The lowest BCUT2D eigenvalue weighted by atomic mass is 9.89. The average Bonchev–Trinajstić information content (AvgIpc) is 2.67. The Balaban J connectivity index is 2.12. The Hall–Kier alpha value is -2.50. The summed E-state index contributed by atoms with van der Waals surface area (Å²) in [7, 11) is -3.45. The molecular formula is C23H25NO3S. The van der Waals surface area contributed by atoms with Gasteiger partial charge in [-0.3, -0.25) is 4.98 Å². The van der Waals surface area contributed by atoms with E-state index in [4.69, 9.17) is 10.1 Å². The second-order valence-corrected chi connectivity index (χ2v) is 8.98. The molecule has 0 fully saturated rings. The minimum Gasteiger partial charge on any atom is -0.395 e. The number of rotatable bonds is 6. The number of pyridine rings is 1. The number of sulfone groups is 1. The van der Waals surface area contributed by atoms with Crippen molar-refractivity contribution >= 4 is 9.84 Å². The third-order valence-corrected chi connectivity index (χ3v) is 6.61. The summed E-state index contributed by atoms with van der Waals surface area (Å²) in [5.74, 6) is -0.264. The van der Waals surface area contributed by atoms with Crippen LogP contribution in [0, 0.1) is 13.8 Å². The highest BCUT2D eigenvalue weighted by Crippen LogP contribution is 2.35. The highest BCUT2D eigenvalue weighted by Gasteiger charge is 2.16. The molecular weight excluding hydrogens is 370 g/mol. The predicted molar refractivity (Wildman–Crippen MR) is 113 cm³/mol. The molecule has 0 unspecified atom stereocenters. The fourth-order valence-corrected chi connectivity index (χ4v) is 4.55. The van der Waals surface area contributed by atoms with Gasteiger partial charge in [0.15, 0.2) is 9.84 Å². The molecule has 1 N–H and O–H groups in total. The number of aryl methyl sites for hydroxylation is 2. The molecule has 5 heteroatoms. The Morgan fingerprint density at radius 1 is 0.964 bits per heavy atom. The van der Waals surface area contributed by atoms with Crippen molar-refractivity contribution < 1.29 is 13.5 Å². The van der Waals surface area contributed by atoms with Gasteiger partial charge in [-0.25, -0.2) is 8.42 Å². The molecule has 0 saturated carbocycles. The molecule has 0 saturated heterocycles. The molecule has 0 bridgehead atoms. The van der Waals surface area contributed by atoms with Crippen LogP contribution in [0.1, 0.15) is 23.7 Å². The lowest BCUT2D eigenvalue weighted by molar-refractivity contribution is 0.319. The first-order valence-corrected chi connectivity index (χ1v) is 11.0. The molecule has 28 heavy (non-hydrogen) atoms. The molecule has 1 heterocycles. The smallest absolute Gasteiger partial charge is 0.180 e. The minimum absolute atomic E-state index is 0.232. The van der Waals surface area contributed by atoms with Crippen LogP contribution in [0.2, 0.25) is 0 Å². The zero-order chi connectivity index (χ0) is 20.3. The predicted octanol–water partition coefficient (Wildman–Crippen LogP) is 4.36. The van der Waals surface area contributed by atoms with E-state index in [1.54, 1.807) is 12.1 Å². The van der Waals surface area contributed by atoms with Gasteiger partial charge in [-0.15, -0.1) is 0 Å². The summed E-state index contributed by atoms with van der Waals surface area (Å²) in [6.07, 6.45) is 0.840. The Bertz CT molecular complexity index is 1090. The van der Waals surface area contributed by atoms with Crippen LogP contribution in [0.5, 0.6) is 0 Å². The van der Waals surface area contributed by atoms with E-state index in [-0.39, 0.29) is 17.3 Å². The van der Waals surface area contributed by atoms with Crippen molar-refractivity contribution in [1.82, 2.24) is 4.98 Å². The van der Waals surface area contributed by atoms with Gasteiger partial charge in [-0.05, 0) is 66.8 Å². The number of nitrogens with zero attached hydrogens (tertiary/aromatic N) is 1. The van der Waals surface area contributed by atoms with Crippen LogP contribution in [-0.4, -0.2) is 30.9 Å². The van der Waals surface area contributed by atoms with Gasteiger partial charge in [-0.2, -0.15) is 0 Å². The van der Waals surface area contributed by atoms with Crippen LogP contribution in [0.4, 0.5) is 0 Å². The van der Waals surface area contributed by atoms with Crippen LogP contribution >= 0.6 is 0 Å². The van der Waals surface area contributed by atoms with E-state index in [1.165, 1.54) is 11.1 Å². The third-order valence-electron chi connectivity index (χ3n) is 4.90. The maximum atomic E-state index is 12.2. The van der Waals surface area contributed by atoms with Crippen molar-refractivity contribution in [2.75, 3.05) is 12.4 Å². The summed E-state index contributed by atoms with van der Waals surface area (Å²) in [5, 5.41) is 8.96. The number of benzene rings is 2. The summed E-state index contributed by atoms with van der Waals surface area (Å²) in [6.45, 7) is 5.82. The Labute approximate surface area is 166 Å². The van der Waals surface area contributed by atoms with Gasteiger partial charge in [0.25, 0.3) is 0 Å². The quantitative estimate of drug-likeness (QED) is 0.673. The van der Waals surface area contributed by atoms with Gasteiger partial charge in [0, 0.05) is 11.3 Å². The molecule has 0 aliphatic rings. The first-order valence-electron chi connectivity index (χ1n) is 9.38. The van der Waals surface area contributed by atoms with Crippen molar-refractivity contribution in [3.8, 4) is 22.4 Å². The van der Waals surface area contributed by atoms with Gasteiger partial charge in [-0.1, -0.05) is 37.3 Å². The number of hydrogen-bond donors (Lipinski definition) is 1. The fourth-order valence-electron chi connectivity index (χ4n) is 3.52. The second kappa shape index (κ2) is 8.25. The first-order chi connectivity index (χ1) is 13.4.